The second-order valence-electron chi connectivity index (χ2n) is 6.38. The maximum absolute atomic E-state index is 13.1. The molecule has 0 saturated heterocycles. The summed E-state index contributed by atoms with van der Waals surface area (Å²) < 4.78 is 5.33. The molecule has 1 aromatic heterocycles. The van der Waals surface area contributed by atoms with Crippen LogP contribution in [0, 0.1) is 0 Å². The Morgan fingerprint density at radius 2 is 1.81 bits per heavy atom. The van der Waals surface area contributed by atoms with Gasteiger partial charge >= 0.3 is 0 Å². The molecule has 0 aliphatic carbocycles. The Labute approximate surface area is 158 Å². The van der Waals surface area contributed by atoms with Gasteiger partial charge in [0.25, 0.3) is 5.91 Å². The zero-order chi connectivity index (χ0) is 19.2. The fourth-order valence-corrected chi connectivity index (χ4v) is 2.97. The first-order chi connectivity index (χ1) is 13.0. The van der Waals surface area contributed by atoms with Gasteiger partial charge in [-0.1, -0.05) is 42.5 Å². The van der Waals surface area contributed by atoms with E-state index in [0.29, 0.717) is 18.0 Å². The molecule has 5 heteroatoms. The lowest BCUT2D eigenvalue weighted by Gasteiger charge is -2.29. The number of furan rings is 1. The van der Waals surface area contributed by atoms with Crippen molar-refractivity contribution in [1.29, 1.82) is 0 Å². The number of anilines is 1. The van der Waals surface area contributed by atoms with Gasteiger partial charge in [0.1, 0.15) is 0 Å². The summed E-state index contributed by atoms with van der Waals surface area (Å²) in [4.78, 5) is 26.2. The molecule has 2 amide bonds. The zero-order valence-corrected chi connectivity index (χ0v) is 15.4. The van der Waals surface area contributed by atoms with Gasteiger partial charge in [0.15, 0.2) is 5.76 Å². The maximum Gasteiger partial charge on any atom is 0.290 e. The monoisotopic (exact) mass is 362 g/mol. The predicted octanol–water partition coefficient (Wildman–Crippen LogP) is 4.64. The van der Waals surface area contributed by atoms with E-state index in [1.807, 2.05) is 61.5 Å². The lowest BCUT2D eigenvalue weighted by molar-refractivity contribution is -0.114. The smallest absolute Gasteiger partial charge is 0.290 e. The number of rotatable bonds is 6. The van der Waals surface area contributed by atoms with E-state index in [9.17, 15) is 9.59 Å². The van der Waals surface area contributed by atoms with Crippen molar-refractivity contribution in [2.75, 3.05) is 5.32 Å². The van der Waals surface area contributed by atoms with Gasteiger partial charge in [0.05, 0.1) is 12.3 Å². The number of hydrogen-bond donors (Lipinski definition) is 1. The standard InChI is InChI=1S/C22H22N2O3/c1-16(19-10-6-11-20(14-19)23-17(2)25)24(15-18-8-4-3-5-9-18)22(26)21-12-7-13-27-21/h3-14,16H,15H2,1-2H3,(H,23,25). The summed E-state index contributed by atoms with van der Waals surface area (Å²) in [5, 5.41) is 2.78. The van der Waals surface area contributed by atoms with Crippen molar-refractivity contribution >= 4 is 17.5 Å². The Balaban J connectivity index is 1.91. The highest BCUT2D eigenvalue weighted by Gasteiger charge is 2.25. The molecule has 1 unspecified atom stereocenters. The second-order valence-corrected chi connectivity index (χ2v) is 6.38. The topological polar surface area (TPSA) is 62.6 Å². The van der Waals surface area contributed by atoms with E-state index >= 15 is 0 Å². The fraction of sp³-hybridized carbons (Fsp3) is 0.182. The molecule has 3 rings (SSSR count). The highest BCUT2D eigenvalue weighted by Crippen LogP contribution is 2.26. The number of hydrogen-bond acceptors (Lipinski definition) is 3. The number of amides is 2. The Kier molecular flexibility index (Phi) is 5.71. The van der Waals surface area contributed by atoms with Gasteiger partial charge in [0, 0.05) is 19.2 Å². The van der Waals surface area contributed by atoms with E-state index in [-0.39, 0.29) is 17.9 Å². The number of nitrogens with one attached hydrogen (secondary N) is 1. The van der Waals surface area contributed by atoms with Crippen LogP contribution in [0.5, 0.6) is 0 Å². The van der Waals surface area contributed by atoms with Crippen molar-refractivity contribution in [3.8, 4) is 0 Å². The van der Waals surface area contributed by atoms with Crippen molar-refractivity contribution in [2.45, 2.75) is 26.4 Å². The van der Waals surface area contributed by atoms with Crippen molar-refractivity contribution in [3.05, 3.63) is 89.9 Å². The van der Waals surface area contributed by atoms with E-state index < -0.39 is 0 Å². The van der Waals surface area contributed by atoms with Crippen LogP contribution in [0.25, 0.3) is 0 Å². The van der Waals surface area contributed by atoms with Crippen molar-refractivity contribution in [3.63, 3.8) is 0 Å². The van der Waals surface area contributed by atoms with Crippen molar-refractivity contribution in [1.82, 2.24) is 4.90 Å². The maximum atomic E-state index is 13.1. The quantitative estimate of drug-likeness (QED) is 0.695. The third-order valence-electron chi connectivity index (χ3n) is 4.35. The molecule has 27 heavy (non-hydrogen) atoms. The molecule has 0 aliphatic rings. The van der Waals surface area contributed by atoms with Crippen LogP contribution in [-0.4, -0.2) is 16.7 Å². The Morgan fingerprint density at radius 1 is 1.04 bits per heavy atom. The molecule has 0 radical (unpaired) electrons. The summed E-state index contributed by atoms with van der Waals surface area (Å²) >= 11 is 0. The third kappa shape index (κ3) is 4.64. The lowest BCUT2D eigenvalue weighted by atomic mass is 10.0. The molecule has 0 fully saturated rings. The van der Waals surface area contributed by atoms with E-state index in [1.165, 1.54) is 13.2 Å². The molecule has 0 spiro atoms. The van der Waals surface area contributed by atoms with Gasteiger partial charge in [-0.2, -0.15) is 0 Å². The summed E-state index contributed by atoms with van der Waals surface area (Å²) in [6, 6.07) is 20.5. The summed E-state index contributed by atoms with van der Waals surface area (Å²) in [7, 11) is 0. The van der Waals surface area contributed by atoms with Crippen molar-refractivity contribution < 1.29 is 14.0 Å². The van der Waals surface area contributed by atoms with E-state index in [0.717, 1.165) is 11.1 Å². The van der Waals surface area contributed by atoms with Crippen LogP contribution in [0.4, 0.5) is 5.69 Å². The van der Waals surface area contributed by atoms with Gasteiger partial charge in [-0.25, -0.2) is 0 Å². The molecule has 0 bridgehead atoms. The minimum atomic E-state index is -0.212. The summed E-state index contributed by atoms with van der Waals surface area (Å²) in [6.45, 7) is 3.89. The largest absolute Gasteiger partial charge is 0.459 e. The SMILES string of the molecule is CC(=O)Nc1cccc(C(C)N(Cc2ccccc2)C(=O)c2ccco2)c1. The molecule has 0 saturated carbocycles. The van der Waals surface area contributed by atoms with Crippen LogP contribution in [0.15, 0.2) is 77.4 Å². The van der Waals surface area contributed by atoms with E-state index in [4.69, 9.17) is 4.42 Å². The number of carbonyl (C=O) groups is 2. The number of nitrogens with zero attached hydrogens (tertiary/aromatic N) is 1. The van der Waals surface area contributed by atoms with Crippen LogP contribution < -0.4 is 5.32 Å². The Morgan fingerprint density at radius 3 is 2.48 bits per heavy atom. The molecule has 3 aromatic rings. The molecule has 0 aliphatic heterocycles. The van der Waals surface area contributed by atoms with Gasteiger partial charge in [-0.05, 0) is 42.3 Å². The lowest BCUT2D eigenvalue weighted by Crippen LogP contribution is -2.33. The first-order valence-electron chi connectivity index (χ1n) is 8.80. The first-order valence-corrected chi connectivity index (χ1v) is 8.80. The van der Waals surface area contributed by atoms with Crippen LogP contribution in [0.1, 0.15) is 41.6 Å². The Hall–Kier alpha value is -3.34. The highest BCUT2D eigenvalue weighted by atomic mass is 16.3. The Bertz CT molecular complexity index is 904. The molecule has 5 nitrogen and oxygen atoms in total. The molecule has 1 atom stereocenters. The molecular formula is C22H22N2O3. The summed E-state index contributed by atoms with van der Waals surface area (Å²) in [6.07, 6.45) is 1.50. The van der Waals surface area contributed by atoms with Gasteiger partial charge in [-0.15, -0.1) is 0 Å². The second kappa shape index (κ2) is 8.36. The average Bonchev–Trinajstić information content (AvgIpc) is 3.20. The van der Waals surface area contributed by atoms with Gasteiger partial charge in [0.2, 0.25) is 5.91 Å². The van der Waals surface area contributed by atoms with Crippen molar-refractivity contribution in [2.24, 2.45) is 0 Å². The van der Waals surface area contributed by atoms with Crippen LogP contribution in [-0.2, 0) is 11.3 Å². The molecule has 1 heterocycles. The molecule has 2 aromatic carbocycles. The summed E-state index contributed by atoms with van der Waals surface area (Å²) in [5.41, 5.74) is 2.66. The van der Waals surface area contributed by atoms with Gasteiger partial charge < -0.3 is 14.6 Å². The van der Waals surface area contributed by atoms with Gasteiger partial charge in [-0.3, -0.25) is 9.59 Å². The molecular weight excluding hydrogens is 340 g/mol. The molecule has 138 valence electrons. The van der Waals surface area contributed by atoms with E-state index in [1.54, 1.807) is 17.0 Å². The van der Waals surface area contributed by atoms with E-state index in [2.05, 4.69) is 5.32 Å². The minimum Gasteiger partial charge on any atom is -0.459 e. The zero-order valence-electron chi connectivity index (χ0n) is 15.4. The molecule has 1 N–H and O–H groups in total. The normalized spacial score (nSPS) is 11.6. The fourth-order valence-electron chi connectivity index (χ4n) is 2.97. The first kappa shape index (κ1) is 18.5. The summed E-state index contributed by atoms with van der Waals surface area (Å²) in [5.74, 6) is -0.00955. The number of benzene rings is 2. The third-order valence-corrected chi connectivity index (χ3v) is 4.35. The average molecular weight is 362 g/mol. The number of carbonyl (C=O) groups excluding carboxylic acids is 2. The van der Waals surface area contributed by atoms with Crippen LogP contribution in [0.2, 0.25) is 0 Å². The van der Waals surface area contributed by atoms with Crippen LogP contribution in [0.3, 0.4) is 0 Å². The van der Waals surface area contributed by atoms with Crippen LogP contribution >= 0.6 is 0 Å². The minimum absolute atomic E-state index is 0.132. The highest BCUT2D eigenvalue weighted by molar-refractivity contribution is 5.92. The predicted molar refractivity (Wildman–Crippen MR) is 104 cm³/mol.